The Morgan fingerprint density at radius 1 is 0.289 bits per heavy atom. The average molecular weight is 1270 g/mol. The fraction of sp³-hybridized carbons (Fsp3) is 0.904. The molecule has 90 heavy (non-hydrogen) atoms. The first kappa shape index (κ1) is 84.2. The molecular formula is C73H140N8O9. The number of carbonyl (C=O) groups excluding carboxylic acids is 4. The second-order valence-corrected chi connectivity index (χ2v) is 25.5. The number of hydrogen-bond donors (Lipinski definition) is 4. The zero-order valence-electron chi connectivity index (χ0n) is 58.8. The summed E-state index contributed by atoms with van der Waals surface area (Å²) in [6, 6.07) is 0. The van der Waals surface area contributed by atoms with Crippen molar-refractivity contribution in [3.63, 3.8) is 0 Å². The van der Waals surface area contributed by atoms with Crippen molar-refractivity contribution >= 4 is 41.7 Å². The summed E-state index contributed by atoms with van der Waals surface area (Å²) in [5, 5.41) is 19.5. The van der Waals surface area contributed by atoms with Gasteiger partial charge < -0.3 is 49.8 Å². The third-order valence-electron chi connectivity index (χ3n) is 16.9. The lowest BCUT2D eigenvalue weighted by atomic mass is 10.1. The third-order valence-corrected chi connectivity index (χ3v) is 16.9. The van der Waals surface area contributed by atoms with E-state index in [0.717, 1.165) is 57.8 Å². The van der Waals surface area contributed by atoms with Crippen LogP contribution in [0.25, 0.3) is 0 Å². The van der Waals surface area contributed by atoms with Crippen molar-refractivity contribution in [1.82, 2.24) is 24.8 Å². The summed E-state index contributed by atoms with van der Waals surface area (Å²) in [4.78, 5) is 70.2. The molecule has 1 rings (SSSR count). The van der Waals surface area contributed by atoms with Crippen LogP contribution in [0.15, 0.2) is 0 Å². The standard InChI is InChI=1S/C73H140N8O9/c1-5-9-13-17-21-25-29-33-37-43-63-87-67(83)49-58-80(59-50-68(84)88-64-44-38-34-30-26-22-18-14-10-6-2)56-47-54-75-72-77-71(74-53-41-42-62-82)78-73(79-72)76-55-48-57-81(60-51-69(85)89-65-45-39-35-31-27-23-19-15-11-7-3)61-52-70(86)90-66-46-40-36-32-28-24-20-16-12-8-4/h82H,5-66H2,1-4H3,(H3,74,75,76,77,78,79). The lowest BCUT2D eigenvalue weighted by Crippen LogP contribution is -2.32. The number of nitrogens with zero attached hydrogens (tertiary/aromatic N) is 5. The molecule has 0 radical (unpaired) electrons. The highest BCUT2D eigenvalue weighted by Crippen LogP contribution is 2.17. The summed E-state index contributed by atoms with van der Waals surface area (Å²) in [7, 11) is 0. The Bertz CT molecular complexity index is 1570. The number of rotatable bonds is 71. The van der Waals surface area contributed by atoms with Gasteiger partial charge in [-0.25, -0.2) is 0 Å². The Kier molecular flexibility index (Phi) is 62.3. The molecule has 0 aliphatic carbocycles. The highest BCUT2D eigenvalue weighted by Gasteiger charge is 2.16. The lowest BCUT2D eigenvalue weighted by molar-refractivity contribution is -0.146. The Morgan fingerprint density at radius 3 is 0.722 bits per heavy atom. The second kappa shape index (κ2) is 66.6. The van der Waals surface area contributed by atoms with Crippen LogP contribution in [-0.2, 0) is 38.1 Å². The van der Waals surface area contributed by atoms with E-state index in [9.17, 15) is 24.3 Å². The van der Waals surface area contributed by atoms with Crippen LogP contribution in [0.4, 0.5) is 17.8 Å². The highest BCUT2D eigenvalue weighted by atomic mass is 16.5. The monoisotopic (exact) mass is 1270 g/mol. The van der Waals surface area contributed by atoms with Crippen LogP contribution in [0.5, 0.6) is 0 Å². The number of hydrogen-bond acceptors (Lipinski definition) is 17. The van der Waals surface area contributed by atoms with Gasteiger partial charge in [0.15, 0.2) is 0 Å². The predicted molar refractivity (Wildman–Crippen MR) is 373 cm³/mol. The Labute approximate surface area is 551 Å². The van der Waals surface area contributed by atoms with Gasteiger partial charge in [-0.3, -0.25) is 19.2 Å². The van der Waals surface area contributed by atoms with Crippen molar-refractivity contribution < 1.29 is 43.2 Å². The van der Waals surface area contributed by atoms with Gasteiger partial charge in [-0.1, -0.05) is 259 Å². The van der Waals surface area contributed by atoms with Gasteiger partial charge in [0, 0.05) is 52.4 Å². The normalized spacial score (nSPS) is 11.4. The third kappa shape index (κ3) is 58.0. The maximum Gasteiger partial charge on any atom is 0.307 e. The second-order valence-electron chi connectivity index (χ2n) is 25.5. The number of anilines is 3. The minimum absolute atomic E-state index is 0.106. The minimum Gasteiger partial charge on any atom is -0.466 e. The van der Waals surface area contributed by atoms with Gasteiger partial charge in [-0.05, 0) is 64.5 Å². The van der Waals surface area contributed by atoms with Gasteiger partial charge in [0.05, 0.1) is 52.1 Å². The number of aliphatic hydroxyl groups is 1. The van der Waals surface area contributed by atoms with Crippen molar-refractivity contribution in [3.05, 3.63) is 0 Å². The molecule has 17 heteroatoms. The number of aliphatic hydroxyl groups excluding tert-OH is 1. The van der Waals surface area contributed by atoms with E-state index in [2.05, 4.69) is 63.4 Å². The van der Waals surface area contributed by atoms with Gasteiger partial charge in [0.1, 0.15) is 0 Å². The molecule has 0 atom stereocenters. The van der Waals surface area contributed by atoms with E-state index < -0.39 is 0 Å². The average Bonchev–Trinajstić information content (AvgIpc) is 3.55. The predicted octanol–water partition coefficient (Wildman–Crippen LogP) is 17.7. The summed E-state index contributed by atoms with van der Waals surface area (Å²) >= 11 is 0. The number of nitrogens with one attached hydrogen (secondary N) is 3. The minimum atomic E-state index is -0.209. The van der Waals surface area contributed by atoms with Crippen LogP contribution < -0.4 is 16.0 Å². The molecule has 0 unspecified atom stereocenters. The fourth-order valence-corrected chi connectivity index (χ4v) is 11.1. The van der Waals surface area contributed by atoms with Crippen molar-refractivity contribution in [1.29, 1.82) is 0 Å². The first-order valence-electron chi connectivity index (χ1n) is 37.9. The first-order chi connectivity index (χ1) is 44.2. The molecule has 0 fully saturated rings. The molecule has 1 aromatic rings. The molecule has 0 bridgehead atoms. The van der Waals surface area contributed by atoms with Gasteiger partial charge in [-0.15, -0.1) is 0 Å². The summed E-state index contributed by atoms with van der Waals surface area (Å²) in [6.07, 6.45) is 52.8. The zero-order chi connectivity index (χ0) is 65.1. The summed E-state index contributed by atoms with van der Waals surface area (Å²) in [6.45, 7) is 15.7. The van der Waals surface area contributed by atoms with Crippen LogP contribution >= 0.6 is 0 Å². The lowest BCUT2D eigenvalue weighted by Gasteiger charge is -2.22. The number of aromatic nitrogens is 3. The van der Waals surface area contributed by atoms with Crippen LogP contribution in [-0.4, -0.2) is 146 Å². The zero-order valence-corrected chi connectivity index (χ0v) is 58.8. The fourth-order valence-electron chi connectivity index (χ4n) is 11.1. The SMILES string of the molecule is CCCCCCCCCCCCOC(=O)CCN(CCCNc1nc(NCCCCO)nc(NCCCN(CCC(=O)OCCCCCCCCCCCC)CCC(=O)OCCCCCCCCCCCC)n1)CCC(=O)OCCCCCCCCCCCC. The first-order valence-corrected chi connectivity index (χ1v) is 37.9. The molecule has 4 N–H and O–H groups in total. The van der Waals surface area contributed by atoms with Crippen LogP contribution in [0.2, 0.25) is 0 Å². The van der Waals surface area contributed by atoms with Gasteiger partial charge in [0.25, 0.3) is 0 Å². The molecule has 0 aliphatic heterocycles. The van der Waals surface area contributed by atoms with Crippen molar-refractivity contribution in [2.45, 2.75) is 336 Å². The highest BCUT2D eigenvalue weighted by molar-refractivity contribution is 5.71. The number of ether oxygens (including phenoxy) is 4. The summed E-state index contributed by atoms with van der Waals surface area (Å²) < 4.78 is 22.6. The molecule has 0 saturated carbocycles. The van der Waals surface area contributed by atoms with Gasteiger partial charge in [0.2, 0.25) is 17.8 Å². The molecule has 17 nitrogen and oxygen atoms in total. The van der Waals surface area contributed by atoms with Crippen molar-refractivity contribution in [2.24, 2.45) is 0 Å². The summed E-state index contributed by atoms with van der Waals surface area (Å²) in [5.41, 5.74) is 0. The smallest absolute Gasteiger partial charge is 0.307 e. The molecule has 0 saturated heterocycles. The number of carbonyl (C=O) groups is 4. The largest absolute Gasteiger partial charge is 0.466 e. The van der Waals surface area contributed by atoms with Crippen LogP contribution in [0.1, 0.15) is 336 Å². The van der Waals surface area contributed by atoms with Crippen LogP contribution in [0, 0.1) is 0 Å². The Balaban J connectivity index is 2.88. The number of unbranched alkanes of at least 4 members (excludes halogenated alkanes) is 37. The molecule has 0 aliphatic rings. The van der Waals surface area contributed by atoms with Crippen LogP contribution in [0.3, 0.4) is 0 Å². The topological polar surface area (TPSA) is 207 Å². The Morgan fingerprint density at radius 2 is 0.500 bits per heavy atom. The van der Waals surface area contributed by atoms with E-state index in [4.69, 9.17) is 23.9 Å². The Hall–Kier alpha value is -3.83. The maximum atomic E-state index is 12.9. The molecule has 1 heterocycles. The maximum absolute atomic E-state index is 12.9. The van der Waals surface area contributed by atoms with Gasteiger partial charge in [-0.2, -0.15) is 15.0 Å². The van der Waals surface area contributed by atoms with E-state index in [1.54, 1.807) is 0 Å². The van der Waals surface area contributed by atoms with Crippen molar-refractivity contribution in [2.75, 3.05) is 108 Å². The summed E-state index contributed by atoms with van der Waals surface area (Å²) in [5.74, 6) is 0.389. The quantitative estimate of drug-likeness (QED) is 0.0272. The van der Waals surface area contributed by atoms with E-state index in [-0.39, 0.29) is 56.2 Å². The molecule has 0 aromatic carbocycles. The van der Waals surface area contributed by atoms with Crippen molar-refractivity contribution in [3.8, 4) is 0 Å². The molecule has 1 aromatic heterocycles. The molecular weight excluding hydrogens is 1130 g/mol. The molecule has 526 valence electrons. The molecule has 0 spiro atoms. The van der Waals surface area contributed by atoms with E-state index in [1.807, 2.05) is 0 Å². The number of esters is 4. The van der Waals surface area contributed by atoms with E-state index in [0.29, 0.717) is 122 Å². The molecule has 0 amide bonds. The van der Waals surface area contributed by atoms with Gasteiger partial charge >= 0.3 is 23.9 Å². The van der Waals surface area contributed by atoms with E-state index >= 15 is 0 Å². The van der Waals surface area contributed by atoms with E-state index in [1.165, 1.54) is 205 Å².